The van der Waals surface area contributed by atoms with Crippen LogP contribution in [0.25, 0.3) is 0 Å². The van der Waals surface area contributed by atoms with Gasteiger partial charge < -0.3 is 10.1 Å². The average molecular weight is 344 g/mol. The third-order valence-corrected chi connectivity index (χ3v) is 5.27. The Bertz CT molecular complexity index is 768. The molecular formula is C20H22ClNO2. The van der Waals surface area contributed by atoms with Gasteiger partial charge in [-0.25, -0.2) is 0 Å². The summed E-state index contributed by atoms with van der Waals surface area (Å²) in [5, 5.41) is 3.92. The molecule has 0 spiro atoms. The van der Waals surface area contributed by atoms with E-state index in [-0.39, 0.29) is 17.4 Å². The molecule has 2 atom stereocenters. The van der Waals surface area contributed by atoms with Crippen LogP contribution < -0.4 is 10.1 Å². The third kappa shape index (κ3) is 3.01. The highest BCUT2D eigenvalue weighted by atomic mass is 35.5. The van der Waals surface area contributed by atoms with Crippen LogP contribution >= 0.6 is 11.6 Å². The number of aryl methyl sites for hydroxylation is 1. The predicted octanol–water partition coefficient (Wildman–Crippen LogP) is 4.58. The Labute approximate surface area is 148 Å². The number of carbonyl (C=O) groups is 1. The molecule has 1 saturated carbocycles. The lowest BCUT2D eigenvalue weighted by molar-refractivity contribution is 0.0945. The predicted molar refractivity (Wildman–Crippen MR) is 97.0 cm³/mol. The van der Waals surface area contributed by atoms with Crippen LogP contribution in [0.2, 0.25) is 5.02 Å². The molecule has 1 fully saturated rings. The second kappa shape index (κ2) is 6.14. The maximum atomic E-state index is 12.7. The van der Waals surface area contributed by atoms with Crippen molar-refractivity contribution in [1.82, 2.24) is 5.32 Å². The Kier molecular flexibility index (Phi) is 4.31. The maximum Gasteiger partial charge on any atom is 0.251 e. The number of halogens is 1. The van der Waals surface area contributed by atoms with Crippen molar-refractivity contribution in [2.75, 3.05) is 7.11 Å². The van der Waals surface area contributed by atoms with Crippen molar-refractivity contribution in [3.05, 3.63) is 64.2 Å². The highest BCUT2D eigenvalue weighted by molar-refractivity contribution is 6.30. The van der Waals surface area contributed by atoms with Crippen LogP contribution in [0.15, 0.2) is 42.5 Å². The molecule has 1 amide bonds. The molecule has 0 aromatic heterocycles. The van der Waals surface area contributed by atoms with Crippen LogP contribution in [-0.4, -0.2) is 19.1 Å². The molecule has 1 N–H and O–H groups in total. The van der Waals surface area contributed by atoms with E-state index in [1.807, 2.05) is 49.4 Å². The summed E-state index contributed by atoms with van der Waals surface area (Å²) in [5.41, 5.74) is 2.84. The number of ether oxygens (including phenoxy) is 1. The standard InChI is InChI=1S/C20H22ClNO2/c1-12-11-15(24-4)9-10-16(12)19(23)22-18-17(20(18,2)3)13-5-7-14(21)8-6-13/h5-11,17-18H,1-4H3,(H,22,23)/t17-,18-/m0/s1. The van der Waals surface area contributed by atoms with Crippen molar-refractivity contribution >= 4 is 17.5 Å². The van der Waals surface area contributed by atoms with E-state index in [1.165, 1.54) is 5.56 Å². The zero-order chi connectivity index (χ0) is 17.5. The van der Waals surface area contributed by atoms with Gasteiger partial charge in [0.05, 0.1) is 7.11 Å². The Morgan fingerprint density at radius 3 is 2.42 bits per heavy atom. The van der Waals surface area contributed by atoms with E-state index in [0.717, 1.165) is 16.3 Å². The van der Waals surface area contributed by atoms with Gasteiger partial charge >= 0.3 is 0 Å². The number of hydrogen-bond donors (Lipinski definition) is 1. The van der Waals surface area contributed by atoms with Crippen molar-refractivity contribution in [1.29, 1.82) is 0 Å². The van der Waals surface area contributed by atoms with Gasteiger partial charge in [0.2, 0.25) is 0 Å². The molecule has 24 heavy (non-hydrogen) atoms. The van der Waals surface area contributed by atoms with Gasteiger partial charge in [0.15, 0.2) is 0 Å². The minimum absolute atomic E-state index is 0.0316. The van der Waals surface area contributed by atoms with E-state index in [2.05, 4.69) is 19.2 Å². The first kappa shape index (κ1) is 16.8. The van der Waals surface area contributed by atoms with Crippen LogP contribution in [0.3, 0.4) is 0 Å². The quantitative estimate of drug-likeness (QED) is 0.882. The summed E-state index contributed by atoms with van der Waals surface area (Å²) < 4.78 is 5.20. The molecule has 1 aliphatic rings. The third-order valence-electron chi connectivity index (χ3n) is 5.02. The highest BCUT2D eigenvalue weighted by Gasteiger charge is 2.59. The number of carbonyl (C=O) groups excluding carboxylic acids is 1. The second-order valence-electron chi connectivity index (χ2n) is 6.98. The van der Waals surface area contributed by atoms with Crippen LogP contribution in [0.1, 0.15) is 41.3 Å². The fraction of sp³-hybridized carbons (Fsp3) is 0.350. The Morgan fingerprint density at radius 1 is 1.17 bits per heavy atom. The number of rotatable bonds is 4. The minimum Gasteiger partial charge on any atom is -0.497 e. The molecular weight excluding hydrogens is 322 g/mol. The van der Waals surface area contributed by atoms with Gasteiger partial charge in [-0.1, -0.05) is 37.6 Å². The molecule has 0 bridgehead atoms. The van der Waals surface area contributed by atoms with Crippen molar-refractivity contribution in [2.45, 2.75) is 32.7 Å². The van der Waals surface area contributed by atoms with E-state index in [0.29, 0.717) is 11.5 Å². The van der Waals surface area contributed by atoms with E-state index in [9.17, 15) is 4.79 Å². The highest BCUT2D eigenvalue weighted by Crippen LogP contribution is 2.58. The van der Waals surface area contributed by atoms with Gasteiger partial charge in [0.1, 0.15) is 5.75 Å². The molecule has 0 heterocycles. The summed E-state index contributed by atoms with van der Waals surface area (Å²) in [4.78, 5) is 12.7. The van der Waals surface area contributed by atoms with Gasteiger partial charge in [-0.15, -0.1) is 0 Å². The van der Waals surface area contributed by atoms with E-state index >= 15 is 0 Å². The van der Waals surface area contributed by atoms with Crippen LogP contribution in [-0.2, 0) is 0 Å². The molecule has 4 heteroatoms. The van der Waals surface area contributed by atoms with Gasteiger partial charge in [-0.3, -0.25) is 4.79 Å². The zero-order valence-corrected chi connectivity index (χ0v) is 15.1. The van der Waals surface area contributed by atoms with E-state index in [1.54, 1.807) is 7.11 Å². The second-order valence-corrected chi connectivity index (χ2v) is 7.42. The first-order chi connectivity index (χ1) is 11.3. The molecule has 2 aromatic carbocycles. The van der Waals surface area contributed by atoms with Gasteiger partial charge in [-0.05, 0) is 53.8 Å². The number of hydrogen-bond acceptors (Lipinski definition) is 2. The molecule has 3 nitrogen and oxygen atoms in total. The topological polar surface area (TPSA) is 38.3 Å². The molecule has 0 unspecified atom stereocenters. The summed E-state index contributed by atoms with van der Waals surface area (Å²) in [7, 11) is 1.62. The van der Waals surface area contributed by atoms with Crippen molar-refractivity contribution < 1.29 is 9.53 Å². The Hall–Kier alpha value is -2.00. The fourth-order valence-corrected chi connectivity index (χ4v) is 3.56. The first-order valence-corrected chi connectivity index (χ1v) is 8.43. The normalized spacial score (nSPS) is 21.2. The van der Waals surface area contributed by atoms with Crippen LogP contribution in [0.5, 0.6) is 5.75 Å². The SMILES string of the molecule is COc1ccc(C(=O)N[C@H]2[C@H](c3ccc(Cl)cc3)C2(C)C)c(C)c1. The fourth-order valence-electron chi connectivity index (χ4n) is 3.44. The van der Waals surface area contributed by atoms with Gasteiger partial charge in [0, 0.05) is 22.5 Å². The number of nitrogens with one attached hydrogen (secondary N) is 1. The molecule has 1 aliphatic carbocycles. The largest absolute Gasteiger partial charge is 0.497 e. The summed E-state index contributed by atoms with van der Waals surface area (Å²) >= 11 is 5.97. The lowest BCUT2D eigenvalue weighted by atomic mass is 10.0. The molecule has 2 aromatic rings. The molecule has 126 valence electrons. The Balaban J connectivity index is 1.76. The smallest absolute Gasteiger partial charge is 0.251 e. The summed E-state index contributed by atoms with van der Waals surface area (Å²) in [5.74, 6) is 1.02. The lowest BCUT2D eigenvalue weighted by Gasteiger charge is -2.10. The van der Waals surface area contributed by atoms with Gasteiger partial charge in [0.25, 0.3) is 5.91 Å². The molecule has 3 rings (SSSR count). The van der Waals surface area contributed by atoms with Crippen LogP contribution in [0, 0.1) is 12.3 Å². The first-order valence-electron chi connectivity index (χ1n) is 8.05. The molecule has 0 saturated heterocycles. The minimum atomic E-state index is -0.0373. The number of methoxy groups -OCH3 is 1. The monoisotopic (exact) mass is 343 g/mol. The zero-order valence-electron chi connectivity index (χ0n) is 14.4. The average Bonchev–Trinajstić information content (AvgIpc) is 3.08. The summed E-state index contributed by atoms with van der Waals surface area (Å²) in [6.07, 6.45) is 0. The lowest BCUT2D eigenvalue weighted by Crippen LogP contribution is -2.29. The van der Waals surface area contributed by atoms with Crippen molar-refractivity contribution in [3.8, 4) is 5.75 Å². The summed E-state index contributed by atoms with van der Waals surface area (Å²) in [6.45, 7) is 6.28. The number of amides is 1. The summed E-state index contributed by atoms with van der Waals surface area (Å²) in [6, 6.07) is 13.5. The van der Waals surface area contributed by atoms with Crippen molar-refractivity contribution in [2.24, 2.45) is 5.41 Å². The van der Waals surface area contributed by atoms with Gasteiger partial charge in [-0.2, -0.15) is 0 Å². The number of benzene rings is 2. The van der Waals surface area contributed by atoms with Crippen LogP contribution in [0.4, 0.5) is 0 Å². The van der Waals surface area contributed by atoms with Crippen molar-refractivity contribution in [3.63, 3.8) is 0 Å². The van der Waals surface area contributed by atoms with E-state index < -0.39 is 0 Å². The van der Waals surface area contributed by atoms with E-state index in [4.69, 9.17) is 16.3 Å². The maximum absolute atomic E-state index is 12.7. The molecule has 0 aliphatic heterocycles. The molecule has 0 radical (unpaired) electrons. The Morgan fingerprint density at radius 2 is 1.83 bits per heavy atom.